The second-order valence-corrected chi connectivity index (χ2v) is 7.68. The van der Waals surface area contributed by atoms with E-state index in [2.05, 4.69) is 83.7 Å². The Hall–Kier alpha value is -1.59. The molecule has 0 radical (unpaired) electrons. The van der Waals surface area contributed by atoms with E-state index in [1.54, 1.807) is 0 Å². The minimum absolute atomic E-state index is 0.0748. The third-order valence-corrected chi connectivity index (χ3v) is 5.35. The summed E-state index contributed by atoms with van der Waals surface area (Å²) in [5.74, 6) is 0.870. The molecule has 1 aromatic carbocycles. The number of aliphatic imine (C=N–C) groups is 1. The van der Waals surface area contributed by atoms with Crippen molar-refractivity contribution < 1.29 is 0 Å². The predicted octanol–water partition coefficient (Wildman–Crippen LogP) is 2.33. The third-order valence-electron chi connectivity index (χ3n) is 5.35. The van der Waals surface area contributed by atoms with Gasteiger partial charge in [-0.15, -0.1) is 0 Å². The van der Waals surface area contributed by atoms with E-state index < -0.39 is 0 Å². The van der Waals surface area contributed by atoms with Crippen molar-refractivity contribution in [3.63, 3.8) is 0 Å². The monoisotopic (exact) mass is 345 g/mol. The van der Waals surface area contributed by atoms with Crippen LogP contribution in [0.5, 0.6) is 0 Å². The van der Waals surface area contributed by atoms with Gasteiger partial charge in [0.05, 0.1) is 6.04 Å². The highest BCUT2D eigenvalue weighted by molar-refractivity contribution is 5.79. The van der Waals surface area contributed by atoms with Crippen molar-refractivity contribution in [2.75, 3.05) is 47.3 Å². The number of guanidine groups is 1. The van der Waals surface area contributed by atoms with Crippen molar-refractivity contribution in [2.24, 2.45) is 4.99 Å². The summed E-state index contributed by atoms with van der Waals surface area (Å²) in [6.45, 7) is 8.53. The molecule has 5 heteroatoms. The van der Waals surface area contributed by atoms with Crippen LogP contribution in [0.3, 0.4) is 0 Å². The Morgan fingerprint density at radius 3 is 2.36 bits per heavy atom. The molecule has 0 spiro atoms. The lowest BCUT2D eigenvalue weighted by Gasteiger charge is -2.33. The topological polar surface area (TPSA) is 42.9 Å². The average molecular weight is 346 g/mol. The van der Waals surface area contributed by atoms with E-state index in [-0.39, 0.29) is 5.54 Å². The Morgan fingerprint density at radius 1 is 1.16 bits per heavy atom. The lowest BCUT2D eigenvalue weighted by Crippen LogP contribution is -2.51. The molecule has 1 heterocycles. The second-order valence-electron chi connectivity index (χ2n) is 7.68. The average Bonchev–Trinajstić information content (AvgIpc) is 3.13. The van der Waals surface area contributed by atoms with Crippen LogP contribution in [-0.4, -0.2) is 68.6 Å². The number of hydrogen-bond donors (Lipinski definition) is 2. The van der Waals surface area contributed by atoms with Crippen LogP contribution in [0.4, 0.5) is 0 Å². The van der Waals surface area contributed by atoms with Crippen molar-refractivity contribution in [1.29, 1.82) is 0 Å². The summed E-state index contributed by atoms with van der Waals surface area (Å²) < 4.78 is 0. The maximum atomic E-state index is 4.40. The fraction of sp³-hybridized carbons (Fsp3) is 0.650. The molecule has 0 bridgehead atoms. The van der Waals surface area contributed by atoms with Crippen LogP contribution in [0.1, 0.15) is 38.3 Å². The summed E-state index contributed by atoms with van der Waals surface area (Å²) >= 11 is 0. The van der Waals surface area contributed by atoms with Crippen LogP contribution in [0.2, 0.25) is 0 Å². The minimum Gasteiger partial charge on any atom is -0.355 e. The molecule has 0 aliphatic carbocycles. The molecule has 1 saturated heterocycles. The van der Waals surface area contributed by atoms with Crippen LogP contribution in [-0.2, 0) is 0 Å². The van der Waals surface area contributed by atoms with Crippen molar-refractivity contribution in [2.45, 2.75) is 38.3 Å². The van der Waals surface area contributed by atoms with Gasteiger partial charge in [0.25, 0.3) is 0 Å². The lowest BCUT2D eigenvalue weighted by atomic mass is 10.0. The smallest absolute Gasteiger partial charge is 0.191 e. The number of nitrogens with zero attached hydrogens (tertiary/aromatic N) is 3. The molecular weight excluding hydrogens is 310 g/mol. The van der Waals surface area contributed by atoms with Crippen LogP contribution in [0.25, 0.3) is 0 Å². The highest BCUT2D eigenvalue weighted by Crippen LogP contribution is 2.24. The van der Waals surface area contributed by atoms with Crippen molar-refractivity contribution in [3.05, 3.63) is 35.9 Å². The van der Waals surface area contributed by atoms with Crippen LogP contribution >= 0.6 is 0 Å². The van der Waals surface area contributed by atoms with Crippen LogP contribution < -0.4 is 10.6 Å². The fourth-order valence-electron chi connectivity index (χ4n) is 3.06. The van der Waals surface area contributed by atoms with Gasteiger partial charge in [0, 0.05) is 25.7 Å². The van der Waals surface area contributed by atoms with Gasteiger partial charge in [-0.1, -0.05) is 30.3 Å². The summed E-state index contributed by atoms with van der Waals surface area (Å²) in [6.07, 6.45) is 2.60. The number of hydrogen-bond acceptors (Lipinski definition) is 3. The zero-order valence-electron chi connectivity index (χ0n) is 16.5. The van der Waals surface area contributed by atoms with Gasteiger partial charge in [-0.3, -0.25) is 9.89 Å². The summed E-state index contributed by atoms with van der Waals surface area (Å²) in [5, 5.41) is 7.00. The maximum absolute atomic E-state index is 4.40. The molecule has 2 rings (SSSR count). The van der Waals surface area contributed by atoms with Gasteiger partial charge in [0.2, 0.25) is 0 Å². The molecule has 5 nitrogen and oxygen atoms in total. The van der Waals surface area contributed by atoms with Crippen molar-refractivity contribution in [1.82, 2.24) is 20.4 Å². The molecule has 1 aliphatic rings. The van der Waals surface area contributed by atoms with Crippen molar-refractivity contribution >= 4 is 5.96 Å². The Morgan fingerprint density at radius 2 is 1.80 bits per heavy atom. The van der Waals surface area contributed by atoms with E-state index in [4.69, 9.17) is 0 Å². The Bertz CT molecular complexity index is 532. The first kappa shape index (κ1) is 19.7. The Labute approximate surface area is 153 Å². The first-order valence-electron chi connectivity index (χ1n) is 9.35. The molecule has 140 valence electrons. The van der Waals surface area contributed by atoms with Crippen molar-refractivity contribution in [3.8, 4) is 0 Å². The second kappa shape index (κ2) is 9.20. The highest BCUT2D eigenvalue weighted by atomic mass is 15.2. The van der Waals surface area contributed by atoms with Gasteiger partial charge in [-0.25, -0.2) is 0 Å². The van der Waals surface area contributed by atoms with E-state index in [1.165, 1.54) is 31.5 Å². The number of likely N-dealkylation sites (tertiary alicyclic amines) is 1. The van der Waals surface area contributed by atoms with Gasteiger partial charge in [0.1, 0.15) is 0 Å². The molecule has 1 fully saturated rings. The molecule has 1 unspecified atom stereocenters. The molecule has 1 atom stereocenters. The normalized spacial score (nSPS) is 17.8. The summed E-state index contributed by atoms with van der Waals surface area (Å²) in [7, 11) is 6.05. The molecule has 1 aliphatic heterocycles. The first-order chi connectivity index (χ1) is 11.9. The highest BCUT2D eigenvalue weighted by Gasteiger charge is 2.24. The van der Waals surface area contributed by atoms with E-state index in [9.17, 15) is 0 Å². The van der Waals surface area contributed by atoms with E-state index in [0.717, 1.165) is 19.0 Å². The Kier molecular flexibility index (Phi) is 7.26. The quantitative estimate of drug-likeness (QED) is 0.588. The standard InChI is InChI=1S/C20H35N5/c1-20(2,24(4)5)16-23-19(21-3)22-15-18(25-13-9-10-14-25)17-11-7-6-8-12-17/h6-8,11-12,18H,9-10,13-16H2,1-5H3,(H2,21,22,23). The predicted molar refractivity (Wildman–Crippen MR) is 107 cm³/mol. The zero-order chi connectivity index (χ0) is 18.3. The molecule has 0 aromatic heterocycles. The molecule has 2 N–H and O–H groups in total. The molecular formula is C20H35N5. The van der Waals surface area contributed by atoms with Gasteiger partial charge >= 0.3 is 0 Å². The minimum atomic E-state index is 0.0748. The summed E-state index contributed by atoms with van der Waals surface area (Å²) in [4.78, 5) is 9.21. The van der Waals surface area contributed by atoms with E-state index in [1.807, 2.05) is 7.05 Å². The number of benzene rings is 1. The maximum Gasteiger partial charge on any atom is 0.191 e. The van der Waals surface area contributed by atoms with Gasteiger partial charge in [-0.05, 0) is 59.4 Å². The molecule has 0 amide bonds. The fourth-order valence-corrected chi connectivity index (χ4v) is 3.06. The lowest BCUT2D eigenvalue weighted by molar-refractivity contribution is 0.197. The summed E-state index contributed by atoms with van der Waals surface area (Å²) in [6, 6.07) is 11.2. The SMILES string of the molecule is CN=C(NCC(c1ccccc1)N1CCCC1)NCC(C)(C)N(C)C. The third kappa shape index (κ3) is 5.72. The molecule has 1 aromatic rings. The van der Waals surface area contributed by atoms with Gasteiger partial charge in [-0.2, -0.15) is 0 Å². The molecule has 0 saturated carbocycles. The van der Waals surface area contributed by atoms with Gasteiger partial charge < -0.3 is 15.5 Å². The first-order valence-corrected chi connectivity index (χ1v) is 9.35. The van der Waals surface area contributed by atoms with E-state index >= 15 is 0 Å². The summed E-state index contributed by atoms with van der Waals surface area (Å²) in [5.41, 5.74) is 1.45. The van der Waals surface area contributed by atoms with Crippen LogP contribution in [0.15, 0.2) is 35.3 Å². The largest absolute Gasteiger partial charge is 0.355 e. The van der Waals surface area contributed by atoms with E-state index in [0.29, 0.717) is 6.04 Å². The number of nitrogens with one attached hydrogen (secondary N) is 2. The Balaban J connectivity index is 1.96. The molecule has 25 heavy (non-hydrogen) atoms. The number of likely N-dealkylation sites (N-methyl/N-ethyl adjacent to an activating group) is 1. The number of rotatable bonds is 7. The van der Waals surface area contributed by atoms with Gasteiger partial charge in [0.15, 0.2) is 5.96 Å². The van der Waals surface area contributed by atoms with Crippen LogP contribution in [0, 0.1) is 0 Å². The zero-order valence-corrected chi connectivity index (χ0v) is 16.5.